The number of halogens is 2. The zero-order chi connectivity index (χ0) is 14.7. The highest BCUT2D eigenvalue weighted by atomic mass is 32.2. The summed E-state index contributed by atoms with van der Waals surface area (Å²) in [7, 11) is 0. The molecule has 0 unspecified atom stereocenters. The maximum Gasteiger partial charge on any atom is 0.343 e. The van der Waals surface area contributed by atoms with Crippen LogP contribution < -0.4 is 5.69 Å². The summed E-state index contributed by atoms with van der Waals surface area (Å²) in [6.07, 6.45) is 1.05. The van der Waals surface area contributed by atoms with Crippen LogP contribution in [0.2, 0.25) is 0 Å². The Balaban J connectivity index is 2.40. The number of carbonyl (C=O) groups is 1. The number of hydrogen-bond acceptors (Lipinski definition) is 4. The average molecular weight is 299 g/mol. The van der Waals surface area contributed by atoms with Crippen LogP contribution in [0, 0.1) is 11.6 Å². The summed E-state index contributed by atoms with van der Waals surface area (Å²) >= 11 is 0.702. The second-order valence-corrected chi connectivity index (χ2v) is 4.97. The van der Waals surface area contributed by atoms with Crippen molar-refractivity contribution in [1.82, 2.24) is 14.8 Å². The second kappa shape index (κ2) is 6.00. The molecule has 0 radical (unpaired) electrons. The van der Waals surface area contributed by atoms with Gasteiger partial charge in [-0.1, -0.05) is 6.92 Å². The minimum absolute atomic E-state index is 0.0858. The van der Waals surface area contributed by atoms with Gasteiger partial charge in [0.25, 0.3) is 0 Å². The Morgan fingerprint density at radius 3 is 2.60 bits per heavy atom. The maximum absolute atomic E-state index is 13.8. The zero-order valence-corrected chi connectivity index (χ0v) is 11.3. The van der Waals surface area contributed by atoms with Gasteiger partial charge in [0.05, 0.1) is 4.90 Å². The average Bonchev–Trinajstić information content (AvgIpc) is 2.75. The first-order valence-electron chi connectivity index (χ1n) is 5.84. The molecule has 0 spiro atoms. The fourth-order valence-electron chi connectivity index (χ4n) is 1.64. The smallest absolute Gasteiger partial charge is 0.298 e. The molecule has 0 atom stereocenters. The second-order valence-electron chi connectivity index (χ2n) is 4.00. The Labute approximate surface area is 117 Å². The van der Waals surface area contributed by atoms with Crippen LogP contribution in [0.4, 0.5) is 8.78 Å². The number of nitrogens with zero attached hydrogens (tertiary/aromatic N) is 2. The van der Waals surface area contributed by atoms with Gasteiger partial charge in [0.1, 0.15) is 17.9 Å². The van der Waals surface area contributed by atoms with Crippen molar-refractivity contribution >= 4 is 18.0 Å². The number of aromatic amines is 1. The van der Waals surface area contributed by atoms with E-state index in [4.69, 9.17) is 0 Å². The highest BCUT2D eigenvalue weighted by Crippen LogP contribution is 2.30. The van der Waals surface area contributed by atoms with E-state index in [0.29, 0.717) is 31.0 Å². The Morgan fingerprint density at radius 2 is 2.05 bits per heavy atom. The van der Waals surface area contributed by atoms with Gasteiger partial charge in [0.2, 0.25) is 0 Å². The number of aldehydes is 1. The topological polar surface area (TPSA) is 67.8 Å². The van der Waals surface area contributed by atoms with E-state index in [1.807, 2.05) is 6.92 Å². The number of rotatable bonds is 5. The first-order chi connectivity index (χ1) is 9.56. The molecular formula is C12H11F2N3O2S. The van der Waals surface area contributed by atoms with Crippen LogP contribution in [0.1, 0.15) is 23.7 Å². The largest absolute Gasteiger partial charge is 0.343 e. The van der Waals surface area contributed by atoms with Crippen molar-refractivity contribution in [3.8, 4) is 0 Å². The summed E-state index contributed by atoms with van der Waals surface area (Å²) in [5, 5.41) is 6.15. The third kappa shape index (κ3) is 2.79. The molecule has 0 bridgehead atoms. The summed E-state index contributed by atoms with van der Waals surface area (Å²) in [6.45, 7) is 2.27. The highest BCUT2D eigenvalue weighted by molar-refractivity contribution is 7.99. The molecule has 0 aliphatic rings. The van der Waals surface area contributed by atoms with Crippen molar-refractivity contribution in [2.24, 2.45) is 0 Å². The standard InChI is InChI=1S/C12H11F2N3O2S/c1-2-3-17-11(19)15-16-12(17)20-10-8(13)4-7(6-18)5-9(10)14/h4-6H,2-3H2,1H3,(H,15,19). The van der Waals surface area contributed by atoms with Gasteiger partial charge in [0.15, 0.2) is 5.16 Å². The molecule has 0 fully saturated rings. The summed E-state index contributed by atoms with van der Waals surface area (Å²) in [5.41, 5.74) is -0.517. The van der Waals surface area contributed by atoms with E-state index in [1.54, 1.807) is 0 Å². The van der Waals surface area contributed by atoms with Gasteiger partial charge in [-0.05, 0) is 30.3 Å². The van der Waals surface area contributed by atoms with E-state index < -0.39 is 17.3 Å². The van der Waals surface area contributed by atoms with Crippen LogP contribution in [0.5, 0.6) is 0 Å². The lowest BCUT2D eigenvalue weighted by Gasteiger charge is -2.06. The maximum atomic E-state index is 13.8. The molecule has 1 aromatic heterocycles. The molecule has 0 aliphatic carbocycles. The molecule has 2 rings (SSSR count). The zero-order valence-electron chi connectivity index (χ0n) is 10.5. The lowest BCUT2D eigenvalue weighted by atomic mass is 10.2. The van der Waals surface area contributed by atoms with Gasteiger partial charge in [-0.25, -0.2) is 18.7 Å². The SMILES string of the molecule is CCCn1c(Sc2c(F)cc(C=O)cc2F)n[nH]c1=O. The molecule has 2 aromatic rings. The van der Waals surface area contributed by atoms with Crippen molar-refractivity contribution in [2.75, 3.05) is 0 Å². The van der Waals surface area contributed by atoms with E-state index in [-0.39, 0.29) is 15.6 Å². The summed E-state index contributed by atoms with van der Waals surface area (Å²) in [6, 6.07) is 1.88. The molecule has 1 aromatic carbocycles. The third-order valence-corrected chi connectivity index (χ3v) is 3.61. The fourth-order valence-corrected chi connectivity index (χ4v) is 2.51. The van der Waals surface area contributed by atoms with Crippen LogP contribution >= 0.6 is 11.8 Å². The molecule has 0 amide bonds. The van der Waals surface area contributed by atoms with E-state index in [9.17, 15) is 18.4 Å². The minimum Gasteiger partial charge on any atom is -0.298 e. The van der Waals surface area contributed by atoms with Crippen LogP contribution in [0.15, 0.2) is 27.0 Å². The molecular weight excluding hydrogens is 288 g/mol. The molecule has 0 saturated heterocycles. The molecule has 106 valence electrons. The van der Waals surface area contributed by atoms with Crippen LogP contribution in [-0.4, -0.2) is 21.1 Å². The Hall–Kier alpha value is -1.96. The predicted molar refractivity (Wildman–Crippen MR) is 69.0 cm³/mol. The molecule has 5 nitrogen and oxygen atoms in total. The number of aromatic nitrogens is 3. The van der Waals surface area contributed by atoms with Crippen molar-refractivity contribution in [1.29, 1.82) is 0 Å². The number of carbonyl (C=O) groups excluding carboxylic acids is 1. The van der Waals surface area contributed by atoms with E-state index in [1.165, 1.54) is 4.57 Å². The van der Waals surface area contributed by atoms with Crippen molar-refractivity contribution in [3.63, 3.8) is 0 Å². The van der Waals surface area contributed by atoms with Crippen molar-refractivity contribution < 1.29 is 13.6 Å². The number of benzene rings is 1. The van der Waals surface area contributed by atoms with Gasteiger partial charge in [-0.2, -0.15) is 0 Å². The van der Waals surface area contributed by atoms with Crippen molar-refractivity contribution in [2.45, 2.75) is 29.9 Å². The van der Waals surface area contributed by atoms with Gasteiger partial charge in [0, 0.05) is 12.1 Å². The van der Waals surface area contributed by atoms with E-state index in [0.717, 1.165) is 12.1 Å². The number of hydrogen-bond donors (Lipinski definition) is 1. The lowest BCUT2D eigenvalue weighted by Crippen LogP contribution is -2.17. The summed E-state index contributed by atoms with van der Waals surface area (Å²) < 4.78 is 28.8. The Morgan fingerprint density at radius 1 is 1.40 bits per heavy atom. The first kappa shape index (κ1) is 14.4. The first-order valence-corrected chi connectivity index (χ1v) is 6.65. The normalized spacial score (nSPS) is 10.8. The summed E-state index contributed by atoms with van der Waals surface area (Å²) in [4.78, 5) is 21.7. The molecule has 20 heavy (non-hydrogen) atoms. The molecule has 0 aliphatic heterocycles. The minimum atomic E-state index is -0.865. The molecule has 1 heterocycles. The van der Waals surface area contributed by atoms with Crippen molar-refractivity contribution in [3.05, 3.63) is 39.8 Å². The summed E-state index contributed by atoms with van der Waals surface area (Å²) in [5.74, 6) is -1.73. The third-order valence-electron chi connectivity index (χ3n) is 2.52. The Bertz CT molecular complexity index is 673. The van der Waals surface area contributed by atoms with Gasteiger partial charge < -0.3 is 0 Å². The van der Waals surface area contributed by atoms with E-state index >= 15 is 0 Å². The van der Waals surface area contributed by atoms with Gasteiger partial charge in [-0.3, -0.25) is 9.36 Å². The van der Waals surface area contributed by atoms with Gasteiger partial charge >= 0.3 is 5.69 Å². The monoisotopic (exact) mass is 299 g/mol. The van der Waals surface area contributed by atoms with Crippen LogP contribution in [0.25, 0.3) is 0 Å². The number of H-pyrrole nitrogens is 1. The van der Waals surface area contributed by atoms with E-state index in [2.05, 4.69) is 10.2 Å². The van der Waals surface area contributed by atoms with Gasteiger partial charge in [-0.15, -0.1) is 5.10 Å². The predicted octanol–water partition coefficient (Wildman–Crippen LogP) is 2.22. The Kier molecular flexibility index (Phi) is 4.33. The molecule has 8 heteroatoms. The lowest BCUT2D eigenvalue weighted by molar-refractivity contribution is 0.112. The number of nitrogens with one attached hydrogen (secondary N) is 1. The highest BCUT2D eigenvalue weighted by Gasteiger charge is 2.17. The molecule has 1 N–H and O–H groups in total. The molecule has 0 saturated carbocycles. The van der Waals surface area contributed by atoms with Crippen LogP contribution in [-0.2, 0) is 6.54 Å². The van der Waals surface area contributed by atoms with Crippen LogP contribution in [0.3, 0.4) is 0 Å². The fraction of sp³-hybridized carbons (Fsp3) is 0.250. The quantitative estimate of drug-likeness (QED) is 0.860.